The molecule has 0 fully saturated rings. The van der Waals surface area contributed by atoms with Gasteiger partial charge < -0.3 is 5.11 Å². The fourth-order valence-corrected chi connectivity index (χ4v) is 8.59. The molecule has 302 valence electrons. The van der Waals surface area contributed by atoms with E-state index in [1.807, 2.05) is 79.1 Å². The number of pyridine rings is 3. The highest BCUT2D eigenvalue weighted by Gasteiger charge is 2.16. The fourth-order valence-electron chi connectivity index (χ4n) is 8.59. The van der Waals surface area contributed by atoms with E-state index in [4.69, 9.17) is 4.98 Å². The number of phenolic OH excluding ortho intramolecular Hbond substituents is 1. The number of benzene rings is 7. The molecule has 63 heavy (non-hydrogen) atoms. The van der Waals surface area contributed by atoms with E-state index < -0.39 is 0 Å². The summed E-state index contributed by atoms with van der Waals surface area (Å²) in [5.74, 6) is 0.218. The van der Waals surface area contributed by atoms with Crippen LogP contribution in [0.5, 0.6) is 5.75 Å². The van der Waals surface area contributed by atoms with Crippen molar-refractivity contribution >= 4 is 10.8 Å². The molecular formula is C59H45N3O. The summed E-state index contributed by atoms with van der Waals surface area (Å²) in [5, 5.41) is 14.1. The standard InChI is InChI=1S/C59H45N3O/c63-58-40-49(57-39-48-14-4-5-16-52(48)59(62-57)47-12-2-1-3-13-47)32-33-54(58)53-17-7-6-15-51(53)50-37-43(22-20-41-24-28-45(29-25-41)55-18-8-10-34-60-55)36-44(38-50)23-21-42-26-30-46(31-27-42)56-19-9-11-35-61-56/h1-19,24-40,63H,20-23H2. The highest BCUT2D eigenvalue weighted by Crippen LogP contribution is 2.40. The molecule has 4 heteroatoms. The van der Waals surface area contributed by atoms with E-state index in [1.54, 1.807) is 0 Å². The third kappa shape index (κ3) is 8.79. The Morgan fingerprint density at radius 3 is 1.48 bits per heavy atom. The number of aromatic hydroxyl groups is 1. The van der Waals surface area contributed by atoms with E-state index in [9.17, 15) is 5.11 Å². The van der Waals surface area contributed by atoms with Crippen LogP contribution in [0.3, 0.4) is 0 Å². The Kier molecular flexibility index (Phi) is 11.2. The van der Waals surface area contributed by atoms with E-state index in [0.29, 0.717) is 0 Å². The number of fused-ring (bicyclic) bond motifs is 1. The van der Waals surface area contributed by atoms with Gasteiger partial charge in [-0.25, -0.2) is 4.98 Å². The zero-order valence-corrected chi connectivity index (χ0v) is 34.9. The second-order valence-corrected chi connectivity index (χ2v) is 16.1. The Balaban J connectivity index is 0.968. The van der Waals surface area contributed by atoms with Gasteiger partial charge in [0.05, 0.1) is 22.8 Å². The first kappa shape index (κ1) is 39.2. The summed E-state index contributed by atoms with van der Waals surface area (Å²) >= 11 is 0. The molecule has 0 unspecified atom stereocenters. The number of phenols is 1. The molecule has 0 radical (unpaired) electrons. The van der Waals surface area contributed by atoms with Crippen LogP contribution >= 0.6 is 0 Å². The summed E-state index contributed by atoms with van der Waals surface area (Å²) in [6, 6.07) is 71.8. The minimum Gasteiger partial charge on any atom is -0.507 e. The molecule has 3 heterocycles. The molecule has 0 amide bonds. The molecule has 10 aromatic rings. The molecule has 0 aliphatic carbocycles. The molecule has 0 saturated carbocycles. The highest BCUT2D eigenvalue weighted by atomic mass is 16.3. The number of rotatable bonds is 12. The van der Waals surface area contributed by atoms with Crippen molar-refractivity contribution in [2.75, 3.05) is 0 Å². The van der Waals surface area contributed by atoms with Crippen LogP contribution < -0.4 is 0 Å². The van der Waals surface area contributed by atoms with Gasteiger partial charge in [0.25, 0.3) is 0 Å². The van der Waals surface area contributed by atoms with Gasteiger partial charge in [0, 0.05) is 45.6 Å². The van der Waals surface area contributed by atoms with Crippen molar-refractivity contribution in [2.45, 2.75) is 25.7 Å². The molecule has 10 rings (SSSR count). The van der Waals surface area contributed by atoms with Gasteiger partial charge in [0.15, 0.2) is 0 Å². The molecule has 0 aliphatic heterocycles. The minimum atomic E-state index is 0.218. The Hall–Kier alpha value is -7.95. The van der Waals surface area contributed by atoms with E-state index in [1.165, 1.54) is 22.3 Å². The zero-order chi connectivity index (χ0) is 42.4. The first-order chi connectivity index (χ1) is 31.1. The van der Waals surface area contributed by atoms with E-state index in [0.717, 1.165) is 104 Å². The molecule has 0 bridgehead atoms. The van der Waals surface area contributed by atoms with Crippen molar-refractivity contribution in [3.8, 4) is 73.0 Å². The van der Waals surface area contributed by atoms with Gasteiger partial charge in [-0.05, 0) is 112 Å². The Labute approximate surface area is 368 Å². The van der Waals surface area contributed by atoms with Crippen molar-refractivity contribution < 1.29 is 5.11 Å². The van der Waals surface area contributed by atoms with Crippen LogP contribution in [-0.4, -0.2) is 20.1 Å². The molecule has 0 saturated heterocycles. The number of hydrogen-bond donors (Lipinski definition) is 1. The van der Waals surface area contributed by atoms with Crippen molar-refractivity contribution in [3.05, 3.63) is 241 Å². The summed E-state index contributed by atoms with van der Waals surface area (Å²) in [4.78, 5) is 14.2. The van der Waals surface area contributed by atoms with Gasteiger partial charge in [-0.15, -0.1) is 0 Å². The van der Waals surface area contributed by atoms with E-state index in [2.05, 4.69) is 149 Å². The second kappa shape index (κ2) is 18.0. The summed E-state index contributed by atoms with van der Waals surface area (Å²) in [7, 11) is 0. The Morgan fingerprint density at radius 2 is 0.873 bits per heavy atom. The van der Waals surface area contributed by atoms with Gasteiger partial charge in [-0.1, -0.05) is 164 Å². The lowest BCUT2D eigenvalue weighted by molar-refractivity contribution is 0.477. The minimum absolute atomic E-state index is 0.218. The first-order valence-corrected chi connectivity index (χ1v) is 21.6. The summed E-state index contributed by atoms with van der Waals surface area (Å²) < 4.78 is 0. The van der Waals surface area contributed by atoms with E-state index in [-0.39, 0.29) is 5.75 Å². The lowest BCUT2D eigenvalue weighted by Crippen LogP contribution is -1.98. The van der Waals surface area contributed by atoms with Crippen LogP contribution in [0.25, 0.3) is 78.1 Å². The maximum Gasteiger partial charge on any atom is 0.124 e. The number of hydrogen-bond acceptors (Lipinski definition) is 4. The van der Waals surface area contributed by atoms with Crippen LogP contribution in [0.15, 0.2) is 219 Å². The largest absolute Gasteiger partial charge is 0.507 e. The third-order valence-corrected chi connectivity index (χ3v) is 11.9. The average Bonchev–Trinajstić information content (AvgIpc) is 3.36. The molecule has 7 aromatic carbocycles. The Morgan fingerprint density at radius 1 is 0.333 bits per heavy atom. The second-order valence-electron chi connectivity index (χ2n) is 16.1. The van der Waals surface area contributed by atoms with Crippen LogP contribution in [0, 0.1) is 0 Å². The first-order valence-electron chi connectivity index (χ1n) is 21.6. The summed E-state index contributed by atoms with van der Waals surface area (Å²) in [5.41, 5.74) is 17.0. The fraction of sp³-hybridized carbons (Fsp3) is 0.0678. The lowest BCUT2D eigenvalue weighted by Gasteiger charge is -2.16. The van der Waals surface area contributed by atoms with Crippen molar-refractivity contribution in [1.82, 2.24) is 15.0 Å². The monoisotopic (exact) mass is 811 g/mol. The third-order valence-electron chi connectivity index (χ3n) is 11.9. The lowest BCUT2D eigenvalue weighted by atomic mass is 9.89. The predicted octanol–water partition coefficient (Wildman–Crippen LogP) is 14.3. The van der Waals surface area contributed by atoms with Gasteiger partial charge in [0.2, 0.25) is 0 Å². The molecule has 0 aliphatic rings. The molecule has 1 N–H and O–H groups in total. The van der Waals surface area contributed by atoms with Gasteiger partial charge in [-0.3, -0.25) is 9.97 Å². The van der Waals surface area contributed by atoms with Crippen LogP contribution in [0.2, 0.25) is 0 Å². The molecule has 3 aromatic heterocycles. The SMILES string of the molecule is Oc1cc(-c2cc3ccccc3c(-c3ccccc3)n2)ccc1-c1ccccc1-c1cc(CCc2ccc(-c3ccccn3)cc2)cc(CCc2ccc(-c3ccccn3)cc2)c1. The maximum atomic E-state index is 11.9. The zero-order valence-electron chi connectivity index (χ0n) is 34.9. The van der Waals surface area contributed by atoms with Crippen molar-refractivity contribution in [1.29, 1.82) is 0 Å². The number of aromatic nitrogens is 3. The highest BCUT2D eigenvalue weighted by molar-refractivity contribution is 5.97. The topological polar surface area (TPSA) is 58.9 Å². The molecular weight excluding hydrogens is 767 g/mol. The predicted molar refractivity (Wildman–Crippen MR) is 259 cm³/mol. The van der Waals surface area contributed by atoms with Crippen LogP contribution in [-0.2, 0) is 25.7 Å². The number of nitrogens with zero attached hydrogens (tertiary/aromatic N) is 3. The average molecular weight is 812 g/mol. The van der Waals surface area contributed by atoms with Crippen molar-refractivity contribution in [2.24, 2.45) is 0 Å². The van der Waals surface area contributed by atoms with Crippen molar-refractivity contribution in [3.63, 3.8) is 0 Å². The smallest absolute Gasteiger partial charge is 0.124 e. The van der Waals surface area contributed by atoms with Gasteiger partial charge in [-0.2, -0.15) is 0 Å². The number of aryl methyl sites for hydroxylation is 4. The normalized spacial score (nSPS) is 11.2. The van der Waals surface area contributed by atoms with Crippen LogP contribution in [0.4, 0.5) is 0 Å². The Bertz CT molecular complexity index is 3040. The van der Waals surface area contributed by atoms with Gasteiger partial charge in [0.1, 0.15) is 5.75 Å². The molecule has 0 spiro atoms. The maximum absolute atomic E-state index is 11.9. The van der Waals surface area contributed by atoms with Gasteiger partial charge >= 0.3 is 0 Å². The van der Waals surface area contributed by atoms with E-state index >= 15 is 0 Å². The summed E-state index contributed by atoms with van der Waals surface area (Å²) in [6.07, 6.45) is 7.30. The molecule has 0 atom stereocenters. The molecule has 4 nitrogen and oxygen atoms in total. The summed E-state index contributed by atoms with van der Waals surface area (Å²) in [6.45, 7) is 0. The quantitative estimate of drug-likeness (QED) is 0.133. The van der Waals surface area contributed by atoms with Crippen LogP contribution in [0.1, 0.15) is 22.3 Å².